The number of aryl methyl sites for hydroxylation is 1. The van der Waals surface area contributed by atoms with Crippen molar-refractivity contribution in [2.45, 2.75) is 19.8 Å². The minimum absolute atomic E-state index is 0. The van der Waals surface area contributed by atoms with Gasteiger partial charge < -0.3 is 10.2 Å². The molecule has 24 heavy (non-hydrogen) atoms. The van der Waals surface area contributed by atoms with Gasteiger partial charge in [-0.3, -0.25) is 4.79 Å². The normalized spacial score (nSPS) is 17.4. The average molecular weight is 365 g/mol. The van der Waals surface area contributed by atoms with Crippen molar-refractivity contribution in [1.29, 1.82) is 0 Å². The summed E-state index contributed by atoms with van der Waals surface area (Å²) < 4.78 is 0. The Morgan fingerprint density at radius 3 is 2.75 bits per heavy atom. The molecule has 3 rings (SSSR count). The number of thiophene rings is 1. The second-order valence-corrected chi connectivity index (χ2v) is 7.26. The van der Waals surface area contributed by atoms with Gasteiger partial charge in [-0.1, -0.05) is 29.8 Å². The van der Waals surface area contributed by atoms with Crippen LogP contribution in [0.2, 0.25) is 0 Å². The Morgan fingerprint density at radius 2 is 2.04 bits per heavy atom. The molecule has 0 aliphatic carbocycles. The van der Waals surface area contributed by atoms with Gasteiger partial charge in [-0.25, -0.2) is 0 Å². The molecule has 1 fully saturated rings. The van der Waals surface area contributed by atoms with Gasteiger partial charge in [0.25, 0.3) is 5.91 Å². The van der Waals surface area contributed by atoms with Crippen LogP contribution in [0.5, 0.6) is 0 Å². The maximum absolute atomic E-state index is 13.0. The summed E-state index contributed by atoms with van der Waals surface area (Å²) in [6, 6.07) is 10.5. The zero-order valence-electron chi connectivity index (χ0n) is 14.2. The molecule has 1 aliphatic rings. The van der Waals surface area contributed by atoms with E-state index in [9.17, 15) is 4.79 Å². The molecule has 1 aromatic heterocycles. The number of likely N-dealkylation sites (tertiary alicyclic amines) is 1. The standard InChI is InChI=1S/C19H24N2OS.ClH/c1-14-5-7-16(8-6-14)17-9-11-23-18(17)19(22)21-10-3-4-15(13-21)12-20-2;/h5-9,11,15,20H,3-4,10,12-13H2,1-2H3;1H. The van der Waals surface area contributed by atoms with Gasteiger partial charge in [0.15, 0.2) is 0 Å². The van der Waals surface area contributed by atoms with E-state index in [1.807, 2.05) is 17.3 Å². The van der Waals surface area contributed by atoms with Gasteiger partial charge in [0.2, 0.25) is 0 Å². The van der Waals surface area contributed by atoms with E-state index < -0.39 is 0 Å². The highest BCUT2D eigenvalue weighted by molar-refractivity contribution is 7.12. The molecule has 1 saturated heterocycles. The number of nitrogens with zero attached hydrogens (tertiary/aromatic N) is 1. The van der Waals surface area contributed by atoms with Gasteiger partial charge in [-0.15, -0.1) is 23.7 Å². The molecule has 1 unspecified atom stereocenters. The number of halogens is 1. The molecule has 130 valence electrons. The first-order chi connectivity index (χ1) is 11.2. The third-order valence-corrected chi connectivity index (χ3v) is 5.42. The van der Waals surface area contributed by atoms with Crippen molar-refractivity contribution in [3.05, 3.63) is 46.2 Å². The summed E-state index contributed by atoms with van der Waals surface area (Å²) in [5, 5.41) is 5.26. The van der Waals surface area contributed by atoms with Gasteiger partial charge in [0, 0.05) is 18.7 Å². The topological polar surface area (TPSA) is 32.3 Å². The molecular formula is C19H25ClN2OS. The largest absolute Gasteiger partial charge is 0.338 e. The number of carbonyl (C=O) groups is 1. The lowest BCUT2D eigenvalue weighted by Gasteiger charge is -2.32. The Labute approximate surface area is 154 Å². The van der Waals surface area contributed by atoms with Crippen molar-refractivity contribution in [3.8, 4) is 11.1 Å². The fraction of sp³-hybridized carbons (Fsp3) is 0.421. The predicted octanol–water partition coefficient (Wildman–Crippen LogP) is 4.22. The maximum atomic E-state index is 13.0. The van der Waals surface area contributed by atoms with Crippen LogP contribution in [0.15, 0.2) is 35.7 Å². The van der Waals surface area contributed by atoms with Crippen molar-refractivity contribution in [1.82, 2.24) is 10.2 Å². The van der Waals surface area contributed by atoms with Crippen LogP contribution >= 0.6 is 23.7 Å². The summed E-state index contributed by atoms with van der Waals surface area (Å²) in [5.41, 5.74) is 3.43. The fourth-order valence-electron chi connectivity index (χ4n) is 3.28. The van der Waals surface area contributed by atoms with Gasteiger partial charge in [-0.2, -0.15) is 0 Å². The highest BCUT2D eigenvalue weighted by Crippen LogP contribution is 2.30. The molecule has 0 spiro atoms. The van der Waals surface area contributed by atoms with E-state index in [0.29, 0.717) is 5.92 Å². The average Bonchev–Trinajstić information content (AvgIpc) is 3.05. The molecule has 0 radical (unpaired) electrons. The van der Waals surface area contributed by atoms with E-state index in [1.165, 1.54) is 12.0 Å². The SMILES string of the molecule is CNCC1CCCN(C(=O)c2sccc2-c2ccc(C)cc2)C1.Cl. The first-order valence-electron chi connectivity index (χ1n) is 8.27. The minimum atomic E-state index is 0. The van der Waals surface area contributed by atoms with Gasteiger partial charge in [0.05, 0.1) is 4.88 Å². The summed E-state index contributed by atoms with van der Waals surface area (Å²) in [6.07, 6.45) is 2.31. The second-order valence-electron chi connectivity index (χ2n) is 6.35. The first-order valence-corrected chi connectivity index (χ1v) is 9.15. The molecule has 2 aromatic rings. The molecule has 5 heteroatoms. The van der Waals surface area contributed by atoms with E-state index >= 15 is 0 Å². The quantitative estimate of drug-likeness (QED) is 0.881. The summed E-state index contributed by atoms with van der Waals surface area (Å²) in [4.78, 5) is 15.9. The van der Waals surface area contributed by atoms with Crippen LogP contribution in [0.4, 0.5) is 0 Å². The third-order valence-electron chi connectivity index (χ3n) is 4.52. The van der Waals surface area contributed by atoms with Crippen LogP contribution in [0, 0.1) is 12.8 Å². The Kier molecular flexibility index (Phi) is 6.84. The molecule has 2 heterocycles. The molecule has 0 bridgehead atoms. The van der Waals surface area contributed by atoms with Crippen LogP contribution in [0.1, 0.15) is 28.1 Å². The molecule has 1 aliphatic heterocycles. The Bertz CT molecular complexity index is 666. The number of hydrogen-bond donors (Lipinski definition) is 1. The monoisotopic (exact) mass is 364 g/mol. The van der Waals surface area contributed by atoms with Crippen LogP contribution in [0.25, 0.3) is 11.1 Å². The lowest BCUT2D eigenvalue weighted by Crippen LogP contribution is -2.42. The van der Waals surface area contributed by atoms with Crippen molar-refractivity contribution in [3.63, 3.8) is 0 Å². The van der Waals surface area contributed by atoms with Crippen LogP contribution in [-0.2, 0) is 0 Å². The Hall–Kier alpha value is -1.36. The number of carbonyl (C=O) groups excluding carboxylic acids is 1. The van der Waals surface area contributed by atoms with Crippen LogP contribution in [0.3, 0.4) is 0 Å². The van der Waals surface area contributed by atoms with Crippen LogP contribution in [-0.4, -0.2) is 37.5 Å². The fourth-order valence-corrected chi connectivity index (χ4v) is 4.17. The highest BCUT2D eigenvalue weighted by atomic mass is 35.5. The summed E-state index contributed by atoms with van der Waals surface area (Å²) in [7, 11) is 1.98. The minimum Gasteiger partial charge on any atom is -0.338 e. The maximum Gasteiger partial charge on any atom is 0.264 e. The van der Waals surface area contributed by atoms with E-state index in [4.69, 9.17) is 0 Å². The zero-order valence-corrected chi connectivity index (χ0v) is 15.9. The van der Waals surface area contributed by atoms with E-state index in [-0.39, 0.29) is 18.3 Å². The number of piperidine rings is 1. The second kappa shape index (κ2) is 8.65. The first kappa shape index (κ1) is 19.0. The summed E-state index contributed by atoms with van der Waals surface area (Å²) >= 11 is 1.56. The molecule has 1 amide bonds. The van der Waals surface area contributed by atoms with Crippen molar-refractivity contribution < 1.29 is 4.79 Å². The number of rotatable bonds is 4. The van der Waals surface area contributed by atoms with Crippen molar-refractivity contribution in [2.75, 3.05) is 26.7 Å². The van der Waals surface area contributed by atoms with E-state index in [2.05, 4.69) is 42.6 Å². The molecule has 1 atom stereocenters. The van der Waals surface area contributed by atoms with E-state index in [0.717, 1.165) is 42.1 Å². The van der Waals surface area contributed by atoms with Crippen molar-refractivity contribution >= 4 is 29.7 Å². The number of benzene rings is 1. The predicted molar refractivity (Wildman–Crippen MR) is 104 cm³/mol. The van der Waals surface area contributed by atoms with Gasteiger partial charge >= 0.3 is 0 Å². The Morgan fingerprint density at radius 1 is 1.29 bits per heavy atom. The number of amides is 1. The molecule has 3 nitrogen and oxygen atoms in total. The molecular weight excluding hydrogens is 340 g/mol. The van der Waals surface area contributed by atoms with Crippen molar-refractivity contribution in [2.24, 2.45) is 5.92 Å². The summed E-state index contributed by atoms with van der Waals surface area (Å²) in [5.74, 6) is 0.761. The highest BCUT2D eigenvalue weighted by Gasteiger charge is 2.26. The molecule has 1 N–H and O–H groups in total. The Balaban J connectivity index is 0.00000208. The molecule has 1 aromatic carbocycles. The number of nitrogens with one attached hydrogen (secondary N) is 1. The van der Waals surface area contributed by atoms with Crippen LogP contribution < -0.4 is 5.32 Å². The third kappa shape index (κ3) is 4.18. The lowest BCUT2D eigenvalue weighted by atomic mass is 9.97. The molecule has 0 saturated carbocycles. The lowest BCUT2D eigenvalue weighted by molar-refractivity contribution is 0.0680. The summed E-state index contributed by atoms with van der Waals surface area (Å²) in [6.45, 7) is 4.81. The zero-order chi connectivity index (χ0) is 16.2. The number of hydrogen-bond acceptors (Lipinski definition) is 3. The smallest absolute Gasteiger partial charge is 0.264 e. The van der Waals surface area contributed by atoms with Gasteiger partial charge in [0.1, 0.15) is 0 Å². The van der Waals surface area contributed by atoms with E-state index in [1.54, 1.807) is 11.3 Å². The van der Waals surface area contributed by atoms with Gasteiger partial charge in [-0.05, 0) is 56.3 Å².